The molecule has 0 aliphatic carbocycles. The van der Waals surface area contributed by atoms with Gasteiger partial charge in [-0.15, -0.1) is 0 Å². The first-order valence-corrected chi connectivity index (χ1v) is 4.56. The molecule has 4 heteroatoms. The Bertz CT molecular complexity index is 82.1. The van der Waals surface area contributed by atoms with Crippen LogP contribution in [0.4, 0.5) is 0 Å². The Morgan fingerprint density at radius 2 is 1.88 bits per heavy atom. The zero-order valence-electron chi connectivity index (χ0n) is 4.59. The van der Waals surface area contributed by atoms with E-state index in [0.29, 0.717) is 10.9 Å². The Kier molecular flexibility index (Phi) is 4.67. The van der Waals surface area contributed by atoms with E-state index in [4.69, 9.17) is 0 Å². The number of carbonyl (C=O) groups is 1. The molecule has 0 fully saturated rings. The molecule has 46 valence electrons. The molecule has 0 aliphatic rings. The molecule has 8 heavy (non-hydrogen) atoms. The topological polar surface area (TPSA) is 20.3 Å². The molecule has 0 spiro atoms. The maximum atomic E-state index is 10.5. The van der Waals surface area contributed by atoms with E-state index in [0.717, 1.165) is 0 Å². The summed E-state index contributed by atoms with van der Waals surface area (Å²) < 4.78 is 0. The summed E-state index contributed by atoms with van der Waals surface area (Å²) in [5.41, 5.74) is 1.34. The first kappa shape index (κ1) is 8.51. The van der Waals surface area contributed by atoms with Gasteiger partial charge in [0.2, 0.25) is 0 Å². The van der Waals surface area contributed by atoms with Crippen molar-refractivity contribution in [1.29, 1.82) is 0 Å². The van der Waals surface area contributed by atoms with Crippen LogP contribution in [-0.2, 0) is 4.79 Å². The Morgan fingerprint density at radius 1 is 1.50 bits per heavy atom. The van der Waals surface area contributed by atoms with Crippen molar-refractivity contribution in [2.45, 2.75) is 6.92 Å². The number of hydrogen-bond donors (Lipinski definition) is 0. The predicted octanol–water partition coefficient (Wildman–Crippen LogP) is -0.913. The maximum absolute atomic E-state index is 10.5. The van der Waals surface area contributed by atoms with Crippen LogP contribution in [0.1, 0.15) is 6.92 Å². The van der Waals surface area contributed by atoms with Crippen molar-refractivity contribution in [3.8, 4) is 0 Å². The normalized spacial score (nSPS) is 8.88. The van der Waals surface area contributed by atoms with E-state index in [2.05, 4.69) is 32.0 Å². The SMILES string of the molecule is CC(=O)N(C[Se])C[Se]. The summed E-state index contributed by atoms with van der Waals surface area (Å²) in [6, 6.07) is 0. The van der Waals surface area contributed by atoms with E-state index < -0.39 is 0 Å². The summed E-state index contributed by atoms with van der Waals surface area (Å²) in [4.78, 5) is 12.2. The monoisotopic (exact) mass is 245 g/mol. The quantitative estimate of drug-likeness (QED) is 0.575. The third-order valence-electron chi connectivity index (χ3n) is 0.757. The van der Waals surface area contributed by atoms with Gasteiger partial charge < -0.3 is 0 Å². The van der Waals surface area contributed by atoms with Gasteiger partial charge in [0.25, 0.3) is 0 Å². The van der Waals surface area contributed by atoms with Gasteiger partial charge >= 0.3 is 65.4 Å². The van der Waals surface area contributed by atoms with Crippen LogP contribution in [0.15, 0.2) is 0 Å². The number of nitrogens with zero attached hydrogens (tertiary/aromatic N) is 1. The summed E-state index contributed by atoms with van der Waals surface area (Å²) in [5, 5.41) is 0. The molecule has 2 nitrogen and oxygen atoms in total. The molecule has 0 rings (SSSR count). The molecular weight excluding hydrogens is 236 g/mol. The van der Waals surface area contributed by atoms with Crippen LogP contribution in [0, 0.1) is 0 Å². The number of amides is 1. The van der Waals surface area contributed by atoms with Crippen LogP contribution in [0.3, 0.4) is 0 Å². The third-order valence-corrected chi connectivity index (χ3v) is 2.06. The molecule has 0 heterocycles. The van der Waals surface area contributed by atoms with Crippen molar-refractivity contribution in [3.05, 3.63) is 0 Å². The minimum atomic E-state index is 0.0995. The van der Waals surface area contributed by atoms with E-state index in [1.165, 1.54) is 0 Å². The van der Waals surface area contributed by atoms with E-state index in [1.54, 1.807) is 11.8 Å². The van der Waals surface area contributed by atoms with Gasteiger partial charge in [0.15, 0.2) is 0 Å². The number of hydrogen-bond acceptors (Lipinski definition) is 1. The van der Waals surface area contributed by atoms with Gasteiger partial charge in [-0.1, -0.05) is 0 Å². The van der Waals surface area contributed by atoms with Crippen molar-refractivity contribution < 1.29 is 4.79 Å². The third kappa shape index (κ3) is 2.73. The summed E-state index contributed by atoms with van der Waals surface area (Å²) in [5.74, 6) is 0.0995. The second-order valence-electron chi connectivity index (χ2n) is 1.32. The fraction of sp³-hybridized carbons (Fsp3) is 0.750. The van der Waals surface area contributed by atoms with Crippen LogP contribution in [0.2, 0.25) is 0 Å². The van der Waals surface area contributed by atoms with Crippen molar-refractivity contribution in [2.24, 2.45) is 0 Å². The molecule has 0 saturated carbocycles. The molecule has 0 aliphatic heterocycles. The molecular formula is C4H7NOSe2. The van der Waals surface area contributed by atoms with E-state index in [9.17, 15) is 4.79 Å². The fourth-order valence-electron chi connectivity index (χ4n) is 0.219. The zero-order valence-corrected chi connectivity index (χ0v) is 8.01. The summed E-state index contributed by atoms with van der Waals surface area (Å²) in [6.45, 7) is 1.55. The second-order valence-corrected chi connectivity index (χ2v) is 2.40. The summed E-state index contributed by atoms with van der Waals surface area (Å²) in [7, 11) is 0. The molecule has 0 saturated heterocycles. The van der Waals surface area contributed by atoms with Gasteiger partial charge in [-0.25, -0.2) is 0 Å². The molecule has 0 N–H and O–H groups in total. The molecule has 0 bridgehead atoms. The zero-order chi connectivity index (χ0) is 6.57. The van der Waals surface area contributed by atoms with Gasteiger partial charge in [0.1, 0.15) is 0 Å². The van der Waals surface area contributed by atoms with Gasteiger partial charge in [-0.05, 0) is 0 Å². The molecule has 0 unspecified atom stereocenters. The Balaban J connectivity index is 3.52. The van der Waals surface area contributed by atoms with Crippen LogP contribution < -0.4 is 0 Å². The molecule has 1 amide bonds. The molecule has 0 aromatic rings. The Hall–Kier alpha value is 0.509. The van der Waals surface area contributed by atoms with Crippen molar-refractivity contribution in [2.75, 3.05) is 10.9 Å². The van der Waals surface area contributed by atoms with Crippen molar-refractivity contribution in [1.82, 2.24) is 4.90 Å². The van der Waals surface area contributed by atoms with Crippen molar-refractivity contribution >= 4 is 37.9 Å². The van der Waals surface area contributed by atoms with Gasteiger partial charge in [-0.2, -0.15) is 0 Å². The summed E-state index contributed by atoms with van der Waals surface area (Å²) in [6.07, 6.45) is 0. The van der Waals surface area contributed by atoms with Gasteiger partial charge in [0.05, 0.1) is 0 Å². The molecule has 0 atom stereocenters. The van der Waals surface area contributed by atoms with Crippen molar-refractivity contribution in [3.63, 3.8) is 0 Å². The number of rotatable bonds is 2. The first-order chi connectivity index (χ1) is 3.72. The van der Waals surface area contributed by atoms with Gasteiger partial charge in [-0.3, -0.25) is 0 Å². The van der Waals surface area contributed by atoms with Crippen LogP contribution in [0.5, 0.6) is 0 Å². The molecule has 0 aromatic heterocycles. The van der Waals surface area contributed by atoms with Gasteiger partial charge in [0, 0.05) is 0 Å². The van der Waals surface area contributed by atoms with Crippen LogP contribution in [-0.4, -0.2) is 53.7 Å². The van der Waals surface area contributed by atoms with E-state index in [-0.39, 0.29) is 5.91 Å². The van der Waals surface area contributed by atoms with E-state index in [1.807, 2.05) is 0 Å². The average molecular weight is 243 g/mol. The minimum absolute atomic E-state index is 0.0995. The molecule has 2 radical (unpaired) electrons. The second kappa shape index (κ2) is 4.39. The summed E-state index contributed by atoms with van der Waals surface area (Å²) >= 11 is 5.52. The number of carbonyl (C=O) groups excluding carboxylic acids is 1. The average Bonchev–Trinajstić information content (AvgIpc) is 1.69. The predicted molar refractivity (Wildman–Crippen MR) is 33.8 cm³/mol. The standard InChI is InChI=1S/C4H7NOSe2/c1-4(6)5(2-7)3-8/h2-3H2,1H3. The van der Waals surface area contributed by atoms with E-state index >= 15 is 0 Å². The van der Waals surface area contributed by atoms with Crippen LogP contribution in [0.25, 0.3) is 0 Å². The first-order valence-electron chi connectivity index (χ1n) is 2.14. The molecule has 0 aromatic carbocycles. The Labute approximate surface area is 65.6 Å². The fourth-order valence-corrected chi connectivity index (χ4v) is 1.95. The Morgan fingerprint density at radius 3 is 1.88 bits per heavy atom. The van der Waals surface area contributed by atoms with Crippen LogP contribution >= 0.6 is 0 Å².